The number of esters is 1. The maximum atomic E-state index is 12.6. The topological polar surface area (TPSA) is 117 Å². The van der Waals surface area contributed by atoms with Crippen LogP contribution in [0, 0.1) is 0 Å². The molecule has 0 heterocycles. The third-order valence-electron chi connectivity index (χ3n) is 9.92. The number of carbonyl (C=O) groups is 1. The number of allylic oxidation sites excluding steroid dienone is 10. The highest BCUT2D eigenvalue weighted by Gasteiger charge is 2.25. The van der Waals surface area contributed by atoms with Gasteiger partial charge in [0.15, 0.2) is 0 Å². The van der Waals surface area contributed by atoms with Gasteiger partial charge in [-0.2, -0.15) is 0 Å². The highest BCUT2D eigenvalue weighted by Crippen LogP contribution is 2.43. The van der Waals surface area contributed by atoms with Crippen molar-refractivity contribution in [1.82, 2.24) is 0 Å². The molecule has 0 aromatic rings. The van der Waals surface area contributed by atoms with Crippen LogP contribution in [0.25, 0.3) is 0 Å². The van der Waals surface area contributed by atoms with Crippen LogP contribution in [0.1, 0.15) is 206 Å². The van der Waals surface area contributed by atoms with E-state index in [-0.39, 0.29) is 38.8 Å². The van der Waals surface area contributed by atoms with Crippen molar-refractivity contribution in [3.8, 4) is 0 Å². The molecule has 0 aromatic carbocycles. The van der Waals surface area contributed by atoms with Crippen molar-refractivity contribution in [3.05, 3.63) is 60.8 Å². The molecule has 0 saturated carbocycles. The van der Waals surface area contributed by atoms with E-state index in [1.807, 2.05) is 0 Å². The van der Waals surface area contributed by atoms with Gasteiger partial charge in [-0.05, 0) is 77.0 Å². The van der Waals surface area contributed by atoms with Gasteiger partial charge in [-0.1, -0.05) is 184 Å². The van der Waals surface area contributed by atoms with Gasteiger partial charge in [0.2, 0.25) is 0 Å². The summed E-state index contributed by atoms with van der Waals surface area (Å²) in [6.07, 6.45) is 56.9. The Morgan fingerprint density at radius 2 is 0.966 bits per heavy atom. The predicted octanol–water partition coefficient (Wildman–Crippen LogP) is 14.5. The Morgan fingerprint density at radius 1 is 0.534 bits per heavy atom. The number of hydrogen-bond donors (Lipinski definition) is 2. The third kappa shape index (κ3) is 45.3. The van der Waals surface area contributed by atoms with Crippen LogP contribution >= 0.6 is 7.82 Å². The van der Waals surface area contributed by atoms with E-state index in [0.717, 1.165) is 51.4 Å². The molecule has 58 heavy (non-hydrogen) atoms. The summed E-state index contributed by atoms with van der Waals surface area (Å²) in [5.41, 5.74) is 5.37. The number of phosphoric acid groups is 1. The minimum atomic E-state index is -4.29. The monoisotopic (exact) mass is 836 g/mol. The lowest BCUT2D eigenvalue weighted by molar-refractivity contribution is -0.154. The molecule has 0 rings (SSSR count). The first-order valence-electron chi connectivity index (χ1n) is 23.8. The number of hydrogen-bond acceptors (Lipinski definition) is 7. The van der Waals surface area contributed by atoms with Gasteiger partial charge in [-0.3, -0.25) is 13.8 Å². The maximum Gasteiger partial charge on any atom is 0.472 e. The van der Waals surface area contributed by atoms with E-state index < -0.39 is 13.9 Å². The molecule has 0 aliphatic carbocycles. The van der Waals surface area contributed by atoms with Crippen LogP contribution in [-0.4, -0.2) is 49.9 Å². The van der Waals surface area contributed by atoms with Crippen molar-refractivity contribution < 1.29 is 32.8 Å². The van der Waals surface area contributed by atoms with Gasteiger partial charge in [0.05, 0.1) is 19.8 Å². The second-order valence-electron chi connectivity index (χ2n) is 15.6. The average Bonchev–Trinajstić information content (AvgIpc) is 3.21. The van der Waals surface area contributed by atoms with Crippen molar-refractivity contribution in [1.29, 1.82) is 0 Å². The molecular formula is C49H90NO7P. The third-order valence-corrected chi connectivity index (χ3v) is 10.9. The van der Waals surface area contributed by atoms with Gasteiger partial charge in [0.25, 0.3) is 0 Å². The van der Waals surface area contributed by atoms with Crippen molar-refractivity contribution in [2.24, 2.45) is 5.73 Å². The maximum absolute atomic E-state index is 12.6. The van der Waals surface area contributed by atoms with E-state index in [9.17, 15) is 14.3 Å². The SMILES string of the molecule is CC/C=C\C/C=C\C/C=C\C/C=C\CCCCC(=O)OC(COCCCCCCCCCCCCCC/C=C\CCCCCCCCCC)COP(=O)(O)OCCN. The van der Waals surface area contributed by atoms with E-state index >= 15 is 0 Å². The van der Waals surface area contributed by atoms with Gasteiger partial charge in [-0.25, -0.2) is 4.57 Å². The quantitative estimate of drug-likeness (QED) is 0.0269. The van der Waals surface area contributed by atoms with E-state index in [1.165, 1.54) is 128 Å². The van der Waals surface area contributed by atoms with Crippen LogP contribution in [0.5, 0.6) is 0 Å². The summed E-state index contributed by atoms with van der Waals surface area (Å²) in [4.78, 5) is 22.5. The normalized spacial score (nSPS) is 13.9. The molecule has 0 aromatic heterocycles. The Morgan fingerprint density at radius 3 is 1.47 bits per heavy atom. The van der Waals surface area contributed by atoms with E-state index in [1.54, 1.807) is 0 Å². The first kappa shape index (κ1) is 56.2. The standard InChI is InChI=1S/C49H90NO7P/c1-3-5-7-9-11-13-15-17-19-20-21-22-23-24-25-26-27-29-31-33-35-37-39-41-44-54-46-48(47-56-58(52,53)55-45-43-50)57-49(51)42-40-38-36-34-32-30-28-18-16-14-12-10-8-6-4-2/h6,8,12,14,18,20-21,28,32,34,48H,3-5,7,9-11,13,15-17,19,22-27,29-31,33,35-47,50H2,1-2H3,(H,52,53)/b8-6-,14-12-,21-20-,28-18-,34-32-. The van der Waals surface area contributed by atoms with Gasteiger partial charge in [0.1, 0.15) is 6.10 Å². The molecule has 0 spiro atoms. The fourth-order valence-corrected chi connectivity index (χ4v) is 7.22. The van der Waals surface area contributed by atoms with Crippen molar-refractivity contribution in [3.63, 3.8) is 0 Å². The fourth-order valence-electron chi connectivity index (χ4n) is 6.45. The van der Waals surface area contributed by atoms with Crippen LogP contribution in [-0.2, 0) is 27.9 Å². The molecule has 338 valence electrons. The summed E-state index contributed by atoms with van der Waals surface area (Å²) < 4.78 is 33.4. The Balaban J connectivity index is 3.97. The summed E-state index contributed by atoms with van der Waals surface area (Å²) in [7, 11) is -4.29. The number of unbranched alkanes of at least 4 members (excludes halogenated alkanes) is 22. The smallest absolute Gasteiger partial charge is 0.457 e. The van der Waals surface area contributed by atoms with Crippen LogP contribution < -0.4 is 5.73 Å². The molecule has 0 saturated heterocycles. The molecule has 2 unspecified atom stereocenters. The second-order valence-corrected chi connectivity index (χ2v) is 17.0. The number of carbonyl (C=O) groups excluding carboxylic acids is 1. The molecule has 0 bridgehead atoms. The Labute approximate surface area is 357 Å². The van der Waals surface area contributed by atoms with Crippen LogP contribution in [0.15, 0.2) is 60.8 Å². The van der Waals surface area contributed by atoms with Gasteiger partial charge in [-0.15, -0.1) is 0 Å². The minimum Gasteiger partial charge on any atom is -0.457 e. The Bertz CT molecular complexity index is 1070. The Hall–Kier alpha value is -1.80. The van der Waals surface area contributed by atoms with Gasteiger partial charge >= 0.3 is 13.8 Å². The number of ether oxygens (including phenoxy) is 2. The molecule has 0 aliphatic heterocycles. The predicted molar refractivity (Wildman–Crippen MR) is 247 cm³/mol. The highest BCUT2D eigenvalue weighted by atomic mass is 31.2. The first-order chi connectivity index (χ1) is 28.4. The van der Waals surface area contributed by atoms with E-state index in [2.05, 4.69) is 74.6 Å². The van der Waals surface area contributed by atoms with Gasteiger partial charge in [0, 0.05) is 19.6 Å². The summed E-state index contributed by atoms with van der Waals surface area (Å²) in [5, 5.41) is 0. The molecule has 0 fully saturated rings. The average molecular weight is 836 g/mol. The number of rotatable bonds is 45. The highest BCUT2D eigenvalue weighted by molar-refractivity contribution is 7.47. The largest absolute Gasteiger partial charge is 0.472 e. The molecule has 9 heteroatoms. The summed E-state index contributed by atoms with van der Waals surface area (Å²) in [5.74, 6) is -0.370. The molecule has 2 atom stereocenters. The van der Waals surface area contributed by atoms with Crippen LogP contribution in [0.3, 0.4) is 0 Å². The lowest BCUT2D eigenvalue weighted by Crippen LogP contribution is -2.28. The zero-order chi connectivity index (χ0) is 42.3. The van der Waals surface area contributed by atoms with Crippen LogP contribution in [0.4, 0.5) is 0 Å². The van der Waals surface area contributed by atoms with E-state index in [4.69, 9.17) is 24.3 Å². The fraction of sp³-hybridized carbons (Fsp3) is 0.776. The van der Waals surface area contributed by atoms with Crippen molar-refractivity contribution in [2.75, 3.05) is 33.0 Å². The lowest BCUT2D eigenvalue weighted by Gasteiger charge is -2.20. The van der Waals surface area contributed by atoms with Crippen molar-refractivity contribution >= 4 is 13.8 Å². The van der Waals surface area contributed by atoms with E-state index in [0.29, 0.717) is 13.0 Å². The first-order valence-corrected chi connectivity index (χ1v) is 25.3. The molecule has 8 nitrogen and oxygen atoms in total. The second kappa shape index (κ2) is 46.3. The molecule has 0 radical (unpaired) electrons. The zero-order valence-corrected chi connectivity index (χ0v) is 38.4. The van der Waals surface area contributed by atoms with Crippen LogP contribution in [0.2, 0.25) is 0 Å². The van der Waals surface area contributed by atoms with Gasteiger partial charge < -0.3 is 20.1 Å². The molecule has 0 aliphatic rings. The summed E-state index contributed by atoms with van der Waals surface area (Å²) in [6, 6.07) is 0. The molecular weight excluding hydrogens is 746 g/mol. The molecule has 3 N–H and O–H groups in total. The summed E-state index contributed by atoms with van der Waals surface area (Å²) >= 11 is 0. The zero-order valence-electron chi connectivity index (χ0n) is 37.5. The number of phosphoric ester groups is 1. The Kier molecular flexibility index (Phi) is 44.8. The molecule has 0 amide bonds. The number of nitrogens with two attached hydrogens (primary N) is 1. The van der Waals surface area contributed by atoms with Crippen molar-refractivity contribution in [2.45, 2.75) is 213 Å². The summed E-state index contributed by atoms with van der Waals surface area (Å²) in [6.45, 7) is 4.76. The lowest BCUT2D eigenvalue weighted by atomic mass is 10.0. The minimum absolute atomic E-state index is 0.0915.